The molecule has 0 saturated heterocycles. The minimum Gasteiger partial charge on any atom is -0.228 e. The van der Waals surface area contributed by atoms with Crippen molar-refractivity contribution in [3.63, 3.8) is 0 Å². The first kappa shape index (κ1) is 15.0. The Bertz CT molecular complexity index is 314. The highest BCUT2D eigenvalue weighted by Gasteiger charge is 2.06. The molecule has 0 aromatic heterocycles. The fraction of sp³-hybridized carbons (Fsp3) is 0.600. The molecule has 0 unspecified atom stereocenters. The summed E-state index contributed by atoms with van der Waals surface area (Å²) < 4.78 is 23.0. The molecular weight excluding hydrogens is 255 g/mol. The highest BCUT2D eigenvalue weighted by Crippen LogP contribution is 2.02. The molecule has 0 bridgehead atoms. The Balaban J connectivity index is 4.33. The molecule has 0 rings (SSSR count). The number of halogens is 2. The van der Waals surface area contributed by atoms with Crippen molar-refractivity contribution in [3.05, 3.63) is 23.3 Å². The van der Waals surface area contributed by atoms with Gasteiger partial charge in [-0.05, 0) is 13.8 Å². The van der Waals surface area contributed by atoms with E-state index in [2.05, 4.69) is 0 Å². The Kier molecular flexibility index (Phi) is 7.32. The molecule has 2 nitrogen and oxygen atoms in total. The molecular formula is C10H16Cl2O2S. The van der Waals surface area contributed by atoms with Crippen molar-refractivity contribution in [1.29, 1.82) is 0 Å². The molecule has 0 amide bonds. The number of alkyl halides is 2. The van der Waals surface area contributed by atoms with Crippen LogP contribution in [-0.2, 0) is 9.84 Å². The van der Waals surface area contributed by atoms with Crippen LogP contribution in [0.5, 0.6) is 0 Å². The summed E-state index contributed by atoms with van der Waals surface area (Å²) in [6.45, 7) is 3.62. The third-order valence-corrected chi connectivity index (χ3v) is 3.99. The molecule has 0 spiro atoms. The average molecular weight is 271 g/mol. The monoisotopic (exact) mass is 270 g/mol. The van der Waals surface area contributed by atoms with Crippen molar-refractivity contribution >= 4 is 33.0 Å². The third kappa shape index (κ3) is 7.88. The Morgan fingerprint density at radius 1 is 1.00 bits per heavy atom. The van der Waals surface area contributed by atoms with Crippen LogP contribution in [0.1, 0.15) is 13.8 Å². The van der Waals surface area contributed by atoms with Gasteiger partial charge in [0.15, 0.2) is 9.84 Å². The van der Waals surface area contributed by atoms with E-state index in [4.69, 9.17) is 23.2 Å². The van der Waals surface area contributed by atoms with E-state index in [1.54, 1.807) is 12.2 Å². The SMILES string of the molecule is CC(=CCS(=O)(=O)CC=C(C)CCl)CCl. The number of hydrogen-bond acceptors (Lipinski definition) is 2. The van der Waals surface area contributed by atoms with Crippen molar-refractivity contribution in [3.8, 4) is 0 Å². The van der Waals surface area contributed by atoms with E-state index in [0.29, 0.717) is 11.8 Å². The molecule has 0 heterocycles. The van der Waals surface area contributed by atoms with Gasteiger partial charge in [-0.2, -0.15) is 0 Å². The molecule has 0 aliphatic rings. The van der Waals surface area contributed by atoms with Crippen LogP contribution in [0.15, 0.2) is 23.3 Å². The highest BCUT2D eigenvalue weighted by molar-refractivity contribution is 7.91. The second-order valence-corrected chi connectivity index (χ2v) is 6.13. The van der Waals surface area contributed by atoms with Gasteiger partial charge in [0.25, 0.3) is 0 Å². The maximum Gasteiger partial charge on any atom is 0.157 e. The molecule has 0 atom stereocenters. The molecule has 0 aliphatic heterocycles. The number of allylic oxidation sites excluding steroid dienone is 2. The maximum atomic E-state index is 11.5. The van der Waals surface area contributed by atoms with E-state index in [-0.39, 0.29) is 11.5 Å². The van der Waals surface area contributed by atoms with Gasteiger partial charge in [0.1, 0.15) is 0 Å². The second kappa shape index (κ2) is 7.31. The van der Waals surface area contributed by atoms with Crippen LogP contribution in [-0.4, -0.2) is 31.7 Å². The van der Waals surface area contributed by atoms with Crippen LogP contribution in [0, 0.1) is 0 Å². The molecule has 0 aliphatic carbocycles. The summed E-state index contributed by atoms with van der Waals surface area (Å²) in [5.41, 5.74) is 1.75. The van der Waals surface area contributed by atoms with Gasteiger partial charge in [-0.25, -0.2) is 8.42 Å². The first-order valence-electron chi connectivity index (χ1n) is 4.55. The van der Waals surface area contributed by atoms with Crippen molar-refractivity contribution in [2.24, 2.45) is 0 Å². The van der Waals surface area contributed by atoms with E-state index in [9.17, 15) is 8.42 Å². The number of sulfone groups is 1. The van der Waals surface area contributed by atoms with Crippen molar-refractivity contribution in [1.82, 2.24) is 0 Å². The summed E-state index contributed by atoms with van der Waals surface area (Å²) in [6, 6.07) is 0. The molecule has 5 heteroatoms. The van der Waals surface area contributed by atoms with E-state index >= 15 is 0 Å². The first-order chi connectivity index (χ1) is 6.91. The van der Waals surface area contributed by atoms with Gasteiger partial charge >= 0.3 is 0 Å². The summed E-state index contributed by atoms with van der Waals surface area (Å²) in [6.07, 6.45) is 3.29. The Morgan fingerprint density at radius 2 is 1.33 bits per heavy atom. The lowest BCUT2D eigenvalue weighted by atomic mass is 10.3. The molecule has 0 aromatic carbocycles. The van der Waals surface area contributed by atoms with Crippen molar-refractivity contribution < 1.29 is 8.42 Å². The normalized spacial score (nSPS) is 14.4. The average Bonchev–Trinajstić information content (AvgIpc) is 2.22. The quantitative estimate of drug-likeness (QED) is 0.550. The molecule has 15 heavy (non-hydrogen) atoms. The fourth-order valence-corrected chi connectivity index (χ4v) is 2.15. The Morgan fingerprint density at radius 3 is 1.60 bits per heavy atom. The van der Waals surface area contributed by atoms with Crippen LogP contribution >= 0.6 is 23.2 Å². The fourth-order valence-electron chi connectivity index (χ4n) is 0.716. The summed E-state index contributed by atoms with van der Waals surface area (Å²) in [4.78, 5) is 0. The van der Waals surface area contributed by atoms with Crippen molar-refractivity contribution in [2.45, 2.75) is 13.8 Å². The first-order valence-corrected chi connectivity index (χ1v) is 7.44. The van der Waals surface area contributed by atoms with Gasteiger partial charge in [-0.1, -0.05) is 23.3 Å². The van der Waals surface area contributed by atoms with Gasteiger partial charge in [0.2, 0.25) is 0 Å². The van der Waals surface area contributed by atoms with Gasteiger partial charge in [-0.15, -0.1) is 23.2 Å². The van der Waals surface area contributed by atoms with E-state index in [1.165, 1.54) is 0 Å². The topological polar surface area (TPSA) is 34.1 Å². The van der Waals surface area contributed by atoms with Crippen LogP contribution in [0.3, 0.4) is 0 Å². The highest BCUT2D eigenvalue weighted by atomic mass is 35.5. The largest absolute Gasteiger partial charge is 0.228 e. The van der Waals surface area contributed by atoms with E-state index < -0.39 is 9.84 Å². The molecule has 0 saturated carbocycles. The number of rotatable bonds is 6. The summed E-state index contributed by atoms with van der Waals surface area (Å²) in [5.74, 6) is 0.813. The lowest BCUT2D eigenvalue weighted by Crippen LogP contribution is -2.08. The minimum absolute atomic E-state index is 0.0393. The standard InChI is InChI=1S/C10H16Cl2O2S/c1-9(7-11)3-5-15(13,14)6-4-10(2)8-12/h3-4H,5-8H2,1-2H3. The van der Waals surface area contributed by atoms with Crippen LogP contribution in [0.4, 0.5) is 0 Å². The lowest BCUT2D eigenvalue weighted by molar-refractivity contribution is 0.601. The van der Waals surface area contributed by atoms with Crippen LogP contribution in [0.25, 0.3) is 0 Å². The van der Waals surface area contributed by atoms with Crippen molar-refractivity contribution in [2.75, 3.05) is 23.3 Å². The number of hydrogen-bond donors (Lipinski definition) is 0. The maximum absolute atomic E-state index is 11.5. The molecule has 0 fully saturated rings. The predicted octanol–water partition coefficient (Wildman–Crippen LogP) is 2.77. The zero-order chi connectivity index (χ0) is 11.9. The molecule has 0 N–H and O–H groups in total. The summed E-state index contributed by atoms with van der Waals surface area (Å²) in [5, 5.41) is 0. The lowest BCUT2D eigenvalue weighted by Gasteiger charge is -1.99. The molecule has 0 aromatic rings. The summed E-state index contributed by atoms with van der Waals surface area (Å²) in [7, 11) is -3.06. The van der Waals surface area contributed by atoms with Crippen LogP contribution < -0.4 is 0 Å². The molecule has 0 radical (unpaired) electrons. The van der Waals surface area contributed by atoms with Gasteiger partial charge in [-0.3, -0.25) is 0 Å². The third-order valence-electron chi connectivity index (χ3n) is 1.79. The van der Waals surface area contributed by atoms with E-state index in [1.807, 2.05) is 13.8 Å². The van der Waals surface area contributed by atoms with Gasteiger partial charge in [0.05, 0.1) is 11.5 Å². The Labute approximate surface area is 102 Å². The second-order valence-electron chi connectivity index (χ2n) is 3.45. The Hall–Kier alpha value is 0.01000. The van der Waals surface area contributed by atoms with Crippen LogP contribution in [0.2, 0.25) is 0 Å². The van der Waals surface area contributed by atoms with Gasteiger partial charge in [0, 0.05) is 11.8 Å². The smallest absolute Gasteiger partial charge is 0.157 e. The summed E-state index contributed by atoms with van der Waals surface area (Å²) >= 11 is 11.1. The van der Waals surface area contributed by atoms with Gasteiger partial charge < -0.3 is 0 Å². The van der Waals surface area contributed by atoms with E-state index in [0.717, 1.165) is 11.1 Å². The minimum atomic E-state index is -3.06. The zero-order valence-electron chi connectivity index (χ0n) is 8.96. The zero-order valence-corrected chi connectivity index (χ0v) is 11.3. The predicted molar refractivity (Wildman–Crippen MR) is 67.6 cm³/mol. The molecule has 88 valence electrons.